The lowest BCUT2D eigenvalue weighted by Gasteiger charge is -2.20. The van der Waals surface area contributed by atoms with E-state index in [0.29, 0.717) is 25.4 Å². The number of rotatable bonds is 11. The Bertz CT molecular complexity index is 499. The van der Waals surface area contributed by atoms with E-state index in [9.17, 15) is 14.3 Å². The average molecular weight is 342 g/mol. The molecule has 1 aromatic carbocycles. The quantitative estimate of drug-likeness (QED) is 0.597. The molecular formula is C17H27FN2O4. The van der Waals surface area contributed by atoms with Crippen molar-refractivity contribution in [3.63, 3.8) is 0 Å². The van der Waals surface area contributed by atoms with Crippen molar-refractivity contribution in [3.05, 3.63) is 30.1 Å². The summed E-state index contributed by atoms with van der Waals surface area (Å²) in [6.45, 7) is 5.34. The number of carbonyl (C=O) groups excluding carboxylic acids is 1. The van der Waals surface area contributed by atoms with Gasteiger partial charge in [0.2, 0.25) is 5.91 Å². The number of nitrogens with zero attached hydrogens (tertiary/aromatic N) is 1. The molecule has 0 saturated heterocycles. The highest BCUT2D eigenvalue weighted by atomic mass is 19.1. The first-order valence-electron chi connectivity index (χ1n) is 7.98. The molecule has 0 aliphatic heterocycles. The minimum absolute atomic E-state index is 0.0873. The summed E-state index contributed by atoms with van der Waals surface area (Å²) in [6.07, 6.45) is -0.544. The Labute approximate surface area is 142 Å². The van der Waals surface area contributed by atoms with Crippen molar-refractivity contribution in [2.24, 2.45) is 0 Å². The maximum absolute atomic E-state index is 13.1. The van der Waals surface area contributed by atoms with Gasteiger partial charge in [-0.1, -0.05) is 6.07 Å². The van der Waals surface area contributed by atoms with Crippen molar-refractivity contribution in [3.8, 4) is 0 Å². The van der Waals surface area contributed by atoms with Gasteiger partial charge in [0.05, 0.1) is 38.6 Å². The summed E-state index contributed by atoms with van der Waals surface area (Å²) < 4.78 is 23.7. The molecule has 0 radical (unpaired) electrons. The number of benzene rings is 1. The first kappa shape index (κ1) is 20.5. The zero-order chi connectivity index (χ0) is 17.9. The summed E-state index contributed by atoms with van der Waals surface area (Å²) in [5, 5.41) is 12.5. The molecule has 0 aromatic heterocycles. The third kappa shape index (κ3) is 9.57. The molecule has 0 heterocycles. The van der Waals surface area contributed by atoms with Crippen LogP contribution in [0.5, 0.6) is 0 Å². The second kappa shape index (κ2) is 11.1. The molecule has 2 N–H and O–H groups in total. The molecule has 0 aliphatic carbocycles. The number of hydrogen-bond acceptors (Lipinski definition) is 5. The van der Waals surface area contributed by atoms with Crippen LogP contribution in [0.1, 0.15) is 13.8 Å². The number of hydrogen-bond donors (Lipinski definition) is 2. The second-order valence-electron chi connectivity index (χ2n) is 5.90. The smallest absolute Gasteiger partial charge is 0.238 e. The van der Waals surface area contributed by atoms with E-state index in [4.69, 9.17) is 9.47 Å². The lowest BCUT2D eigenvalue weighted by Crippen LogP contribution is -2.37. The fourth-order valence-corrected chi connectivity index (χ4v) is 2.05. The van der Waals surface area contributed by atoms with Crippen LogP contribution in [-0.4, -0.2) is 68.1 Å². The van der Waals surface area contributed by atoms with Crippen LogP contribution in [0.3, 0.4) is 0 Å². The fourth-order valence-electron chi connectivity index (χ4n) is 2.05. The van der Waals surface area contributed by atoms with Gasteiger partial charge in [-0.05, 0) is 39.1 Å². The molecule has 0 fully saturated rings. The van der Waals surface area contributed by atoms with Crippen molar-refractivity contribution in [2.75, 3.05) is 45.3 Å². The Kier molecular flexibility index (Phi) is 9.48. The molecule has 1 unspecified atom stereocenters. The molecule has 1 rings (SSSR count). The third-order valence-corrected chi connectivity index (χ3v) is 3.03. The van der Waals surface area contributed by atoms with Crippen LogP contribution < -0.4 is 5.32 Å². The van der Waals surface area contributed by atoms with Crippen LogP contribution >= 0.6 is 0 Å². The van der Waals surface area contributed by atoms with E-state index in [0.717, 1.165) is 0 Å². The van der Waals surface area contributed by atoms with Gasteiger partial charge in [0.25, 0.3) is 0 Å². The van der Waals surface area contributed by atoms with E-state index in [1.165, 1.54) is 18.2 Å². The van der Waals surface area contributed by atoms with Crippen LogP contribution in [0.2, 0.25) is 0 Å². The van der Waals surface area contributed by atoms with Crippen LogP contribution in [0.25, 0.3) is 0 Å². The standard InChI is InChI=1S/C17H27FN2O4/c1-13(2)24-8-7-23-12-16(21)10-20(3)11-17(22)19-15-6-4-5-14(18)9-15/h4-6,9,13,16,21H,7-8,10-12H2,1-3H3,(H,19,22). The number of halogens is 1. The Morgan fingerprint density at radius 1 is 1.38 bits per heavy atom. The molecule has 1 aromatic rings. The van der Waals surface area contributed by atoms with Crippen LogP contribution in [0, 0.1) is 5.82 Å². The highest BCUT2D eigenvalue weighted by Gasteiger charge is 2.12. The van der Waals surface area contributed by atoms with Gasteiger partial charge in [-0.2, -0.15) is 0 Å². The van der Waals surface area contributed by atoms with Crippen molar-refractivity contribution >= 4 is 11.6 Å². The number of likely N-dealkylation sites (N-methyl/N-ethyl adjacent to an activating group) is 1. The minimum atomic E-state index is -0.698. The van der Waals surface area contributed by atoms with Crippen molar-refractivity contribution in [2.45, 2.75) is 26.1 Å². The van der Waals surface area contributed by atoms with Gasteiger partial charge in [-0.3, -0.25) is 9.69 Å². The number of ether oxygens (including phenoxy) is 2. The number of amides is 1. The Morgan fingerprint density at radius 2 is 2.12 bits per heavy atom. The molecule has 1 amide bonds. The molecule has 0 aliphatic rings. The van der Waals surface area contributed by atoms with Gasteiger partial charge in [-0.15, -0.1) is 0 Å². The van der Waals surface area contributed by atoms with Gasteiger partial charge in [0.15, 0.2) is 0 Å². The normalized spacial score (nSPS) is 12.6. The molecule has 136 valence electrons. The maximum Gasteiger partial charge on any atom is 0.238 e. The first-order chi connectivity index (χ1) is 11.4. The molecule has 0 spiro atoms. The highest BCUT2D eigenvalue weighted by molar-refractivity contribution is 5.92. The monoisotopic (exact) mass is 342 g/mol. The van der Waals surface area contributed by atoms with Gasteiger partial charge in [-0.25, -0.2) is 4.39 Å². The average Bonchev–Trinajstić information content (AvgIpc) is 2.45. The lowest BCUT2D eigenvalue weighted by molar-refractivity contribution is -0.117. The molecule has 6 nitrogen and oxygen atoms in total. The van der Waals surface area contributed by atoms with Crippen molar-refractivity contribution in [1.82, 2.24) is 4.90 Å². The summed E-state index contributed by atoms with van der Waals surface area (Å²) in [6, 6.07) is 5.70. The second-order valence-corrected chi connectivity index (χ2v) is 5.90. The van der Waals surface area contributed by atoms with Crippen LogP contribution in [0.15, 0.2) is 24.3 Å². The van der Waals surface area contributed by atoms with Crippen molar-refractivity contribution in [1.29, 1.82) is 0 Å². The largest absolute Gasteiger partial charge is 0.389 e. The number of nitrogens with one attached hydrogen (secondary N) is 1. The maximum atomic E-state index is 13.1. The summed E-state index contributed by atoms with van der Waals surface area (Å²) in [5.74, 6) is -0.684. The zero-order valence-corrected chi connectivity index (χ0v) is 14.5. The topological polar surface area (TPSA) is 71.0 Å². The Morgan fingerprint density at radius 3 is 2.79 bits per heavy atom. The highest BCUT2D eigenvalue weighted by Crippen LogP contribution is 2.08. The number of aliphatic hydroxyl groups is 1. The summed E-state index contributed by atoms with van der Waals surface area (Å²) >= 11 is 0. The van der Waals surface area contributed by atoms with E-state index in [1.807, 2.05) is 13.8 Å². The molecule has 24 heavy (non-hydrogen) atoms. The van der Waals surface area contributed by atoms with E-state index in [-0.39, 0.29) is 25.2 Å². The number of aliphatic hydroxyl groups excluding tert-OH is 1. The molecule has 0 bridgehead atoms. The van der Waals surface area contributed by atoms with Crippen LogP contribution in [-0.2, 0) is 14.3 Å². The predicted molar refractivity (Wildman–Crippen MR) is 90.4 cm³/mol. The zero-order valence-electron chi connectivity index (χ0n) is 14.5. The Hall–Kier alpha value is -1.54. The first-order valence-corrected chi connectivity index (χ1v) is 7.98. The lowest BCUT2D eigenvalue weighted by atomic mass is 10.3. The van der Waals surface area contributed by atoms with Gasteiger partial charge in [0, 0.05) is 12.2 Å². The minimum Gasteiger partial charge on any atom is -0.389 e. The summed E-state index contributed by atoms with van der Waals surface area (Å²) in [7, 11) is 1.72. The summed E-state index contributed by atoms with van der Waals surface area (Å²) in [4.78, 5) is 13.5. The van der Waals surface area contributed by atoms with Gasteiger partial charge < -0.3 is 19.9 Å². The fraction of sp³-hybridized carbons (Fsp3) is 0.588. The predicted octanol–water partition coefficient (Wildman–Crippen LogP) is 1.50. The number of anilines is 1. The number of carbonyl (C=O) groups is 1. The van der Waals surface area contributed by atoms with E-state index in [2.05, 4.69) is 5.32 Å². The van der Waals surface area contributed by atoms with Gasteiger partial charge in [0.1, 0.15) is 5.82 Å². The van der Waals surface area contributed by atoms with Crippen molar-refractivity contribution < 1.29 is 23.8 Å². The van der Waals surface area contributed by atoms with E-state index < -0.39 is 11.9 Å². The Balaban J connectivity index is 2.19. The third-order valence-electron chi connectivity index (χ3n) is 3.03. The molecular weight excluding hydrogens is 315 g/mol. The SMILES string of the molecule is CC(C)OCCOCC(O)CN(C)CC(=O)Nc1cccc(F)c1. The van der Waals surface area contributed by atoms with E-state index >= 15 is 0 Å². The molecule has 1 atom stereocenters. The molecule has 0 saturated carbocycles. The van der Waals surface area contributed by atoms with E-state index in [1.54, 1.807) is 18.0 Å². The van der Waals surface area contributed by atoms with Gasteiger partial charge >= 0.3 is 0 Å². The molecule has 7 heteroatoms. The summed E-state index contributed by atoms with van der Waals surface area (Å²) in [5.41, 5.74) is 0.405. The van der Waals surface area contributed by atoms with Crippen LogP contribution in [0.4, 0.5) is 10.1 Å².